The third kappa shape index (κ3) is 4.05. The zero-order valence-electron chi connectivity index (χ0n) is 17.7. The maximum atomic E-state index is 13.3. The average Bonchev–Trinajstić information content (AvgIpc) is 3.47. The van der Waals surface area contributed by atoms with E-state index >= 15 is 0 Å². The lowest BCUT2D eigenvalue weighted by atomic mass is 10.1. The molecule has 0 atom stereocenters. The van der Waals surface area contributed by atoms with Crippen molar-refractivity contribution in [3.63, 3.8) is 0 Å². The molecule has 4 rings (SSSR count). The van der Waals surface area contributed by atoms with Gasteiger partial charge < -0.3 is 0 Å². The van der Waals surface area contributed by atoms with Gasteiger partial charge in [0.05, 0.1) is 20.9 Å². The molecule has 0 aliphatic carbocycles. The van der Waals surface area contributed by atoms with Crippen LogP contribution in [0.5, 0.6) is 0 Å². The van der Waals surface area contributed by atoms with Gasteiger partial charge in [0.25, 0.3) is 11.8 Å². The van der Waals surface area contributed by atoms with Crippen LogP contribution in [0.3, 0.4) is 0 Å². The summed E-state index contributed by atoms with van der Waals surface area (Å²) in [6.45, 7) is 6.88. The molecule has 3 aromatic rings. The first kappa shape index (κ1) is 21.5. The van der Waals surface area contributed by atoms with Crippen LogP contribution in [0.1, 0.15) is 75.9 Å². The fourth-order valence-corrected chi connectivity index (χ4v) is 7.17. The van der Waals surface area contributed by atoms with E-state index in [-0.39, 0.29) is 11.8 Å². The first-order valence-corrected chi connectivity index (χ1v) is 13.1. The monoisotopic (exact) mass is 457 g/mol. The van der Waals surface area contributed by atoms with Gasteiger partial charge in [-0.15, -0.1) is 34.0 Å². The Bertz CT molecular complexity index is 998. The Morgan fingerprint density at radius 3 is 1.67 bits per heavy atom. The first-order chi connectivity index (χ1) is 14.5. The minimum absolute atomic E-state index is 0.111. The topological polar surface area (TPSA) is 37.4 Å². The smallest absolute Gasteiger partial charge is 0.263 e. The highest BCUT2D eigenvalue weighted by molar-refractivity contribution is 7.27. The van der Waals surface area contributed by atoms with Crippen LogP contribution in [0.15, 0.2) is 24.3 Å². The summed E-state index contributed by atoms with van der Waals surface area (Å²) in [7, 11) is 0. The highest BCUT2D eigenvalue weighted by Crippen LogP contribution is 2.49. The molecule has 0 unspecified atom stereocenters. The van der Waals surface area contributed by atoms with Crippen molar-refractivity contribution < 1.29 is 9.59 Å². The molecule has 0 saturated heterocycles. The zero-order chi connectivity index (χ0) is 21.3. The van der Waals surface area contributed by atoms with E-state index in [1.165, 1.54) is 40.3 Å². The fourth-order valence-electron chi connectivity index (χ4n) is 3.91. The third-order valence-corrected chi connectivity index (χ3v) is 9.04. The molecule has 3 nitrogen and oxygen atoms in total. The average molecular weight is 458 g/mol. The molecule has 3 aromatic heterocycles. The van der Waals surface area contributed by atoms with E-state index in [9.17, 15) is 9.59 Å². The van der Waals surface area contributed by atoms with Crippen molar-refractivity contribution in [3.8, 4) is 19.5 Å². The SMILES string of the molecule is CCCCCCCCN1C(=O)c2c(-c3ccc(C)s3)sc(-c3ccc(C)s3)c2C1=O. The summed E-state index contributed by atoms with van der Waals surface area (Å²) in [6, 6.07) is 8.31. The van der Waals surface area contributed by atoms with Gasteiger partial charge in [0, 0.05) is 26.1 Å². The number of carbonyl (C=O) groups excluding carboxylic acids is 2. The van der Waals surface area contributed by atoms with Crippen LogP contribution in [0.4, 0.5) is 0 Å². The van der Waals surface area contributed by atoms with E-state index in [2.05, 4.69) is 45.0 Å². The Labute approximate surface area is 190 Å². The van der Waals surface area contributed by atoms with E-state index in [1.54, 1.807) is 34.0 Å². The van der Waals surface area contributed by atoms with Crippen LogP contribution in [-0.4, -0.2) is 23.3 Å². The van der Waals surface area contributed by atoms with Crippen molar-refractivity contribution in [1.29, 1.82) is 0 Å². The number of aryl methyl sites for hydroxylation is 2. The second-order valence-electron chi connectivity index (χ2n) is 7.86. The molecule has 0 saturated carbocycles. The van der Waals surface area contributed by atoms with Crippen molar-refractivity contribution in [2.24, 2.45) is 0 Å². The van der Waals surface area contributed by atoms with Crippen LogP contribution in [-0.2, 0) is 0 Å². The molecule has 0 fully saturated rings. The third-order valence-electron chi connectivity index (χ3n) is 5.49. The molecule has 2 amide bonds. The van der Waals surface area contributed by atoms with Crippen molar-refractivity contribution in [3.05, 3.63) is 45.1 Å². The summed E-state index contributed by atoms with van der Waals surface area (Å²) in [5, 5.41) is 0. The first-order valence-electron chi connectivity index (χ1n) is 10.7. The molecule has 0 aromatic carbocycles. The summed E-state index contributed by atoms with van der Waals surface area (Å²) < 4.78 is 0. The van der Waals surface area contributed by atoms with Gasteiger partial charge >= 0.3 is 0 Å². The Morgan fingerprint density at radius 2 is 1.20 bits per heavy atom. The lowest BCUT2D eigenvalue weighted by molar-refractivity contribution is 0.0652. The van der Waals surface area contributed by atoms with Crippen molar-refractivity contribution >= 4 is 45.8 Å². The molecular weight excluding hydrogens is 430 g/mol. The predicted octanol–water partition coefficient (Wildman–Crippen LogP) is 7.78. The summed E-state index contributed by atoms with van der Waals surface area (Å²) in [5.41, 5.74) is 1.25. The molecule has 6 heteroatoms. The van der Waals surface area contributed by atoms with E-state index in [0.717, 1.165) is 32.4 Å². The van der Waals surface area contributed by atoms with Crippen molar-refractivity contribution in [2.75, 3.05) is 6.54 Å². The standard InChI is InChI=1S/C24H27NO2S3/c1-4-5-6-7-8-9-14-25-23(26)19-20(24(25)27)22(18-13-11-16(3)29-18)30-21(19)17-12-10-15(2)28-17/h10-13H,4-9,14H2,1-3H3. The number of thiophene rings is 3. The second kappa shape index (κ2) is 9.16. The predicted molar refractivity (Wildman–Crippen MR) is 129 cm³/mol. The molecule has 4 heterocycles. The molecule has 0 radical (unpaired) electrons. The maximum Gasteiger partial charge on any atom is 0.263 e. The number of imide groups is 1. The normalized spacial score (nSPS) is 13.5. The lowest BCUT2D eigenvalue weighted by Gasteiger charge is -2.14. The van der Waals surface area contributed by atoms with E-state index in [4.69, 9.17) is 0 Å². The highest BCUT2D eigenvalue weighted by atomic mass is 32.1. The molecule has 0 N–H and O–H groups in total. The molecular formula is C24H27NO2S3. The summed E-state index contributed by atoms with van der Waals surface area (Å²) in [6.07, 6.45) is 6.83. The number of hydrogen-bond donors (Lipinski definition) is 0. The molecule has 0 bridgehead atoms. The zero-order valence-corrected chi connectivity index (χ0v) is 20.2. The van der Waals surface area contributed by atoms with Crippen molar-refractivity contribution in [1.82, 2.24) is 4.90 Å². The quantitative estimate of drug-likeness (QED) is 0.243. The largest absolute Gasteiger partial charge is 0.274 e. The number of unbranched alkanes of at least 4 members (excludes halogenated alkanes) is 5. The fraction of sp³-hybridized carbons (Fsp3) is 0.417. The van der Waals surface area contributed by atoms with Crippen molar-refractivity contribution in [2.45, 2.75) is 59.3 Å². The molecule has 30 heavy (non-hydrogen) atoms. The molecule has 1 aliphatic rings. The number of hydrogen-bond acceptors (Lipinski definition) is 5. The van der Waals surface area contributed by atoms with Gasteiger partial charge in [-0.1, -0.05) is 39.0 Å². The number of rotatable bonds is 9. The molecule has 0 spiro atoms. The van der Waals surface area contributed by atoms with Gasteiger partial charge in [-0.05, 0) is 44.5 Å². The number of nitrogens with zero attached hydrogens (tertiary/aromatic N) is 1. The van der Waals surface area contributed by atoms with Crippen LogP contribution < -0.4 is 0 Å². The number of carbonyl (C=O) groups is 2. The summed E-state index contributed by atoms with van der Waals surface area (Å²) in [4.78, 5) is 34.7. The Hall–Kier alpha value is -1.76. The van der Waals surface area contributed by atoms with E-state index < -0.39 is 0 Å². The molecule has 1 aliphatic heterocycles. The van der Waals surface area contributed by atoms with Crippen LogP contribution in [0.25, 0.3) is 19.5 Å². The van der Waals surface area contributed by atoms with Gasteiger partial charge in [0.1, 0.15) is 0 Å². The van der Waals surface area contributed by atoms with E-state index in [0.29, 0.717) is 17.7 Å². The van der Waals surface area contributed by atoms with Gasteiger partial charge in [0.15, 0.2) is 0 Å². The van der Waals surface area contributed by atoms with Crippen LogP contribution >= 0.6 is 34.0 Å². The van der Waals surface area contributed by atoms with Crippen LogP contribution in [0.2, 0.25) is 0 Å². The Kier molecular flexibility index (Phi) is 6.56. The number of fused-ring (bicyclic) bond motifs is 1. The van der Waals surface area contributed by atoms with Gasteiger partial charge in [-0.25, -0.2) is 0 Å². The minimum Gasteiger partial charge on any atom is -0.274 e. The van der Waals surface area contributed by atoms with E-state index in [1.807, 2.05) is 0 Å². The summed E-state index contributed by atoms with van der Waals surface area (Å²) in [5.74, 6) is -0.222. The maximum absolute atomic E-state index is 13.3. The number of amides is 2. The Balaban J connectivity index is 1.65. The lowest BCUT2D eigenvalue weighted by Crippen LogP contribution is -2.31. The molecule has 158 valence electrons. The Morgan fingerprint density at radius 1 is 0.700 bits per heavy atom. The highest BCUT2D eigenvalue weighted by Gasteiger charge is 2.42. The second-order valence-corrected chi connectivity index (χ2v) is 11.5. The minimum atomic E-state index is -0.111. The van der Waals surface area contributed by atoms with Gasteiger partial charge in [-0.2, -0.15) is 0 Å². The van der Waals surface area contributed by atoms with Crippen LogP contribution in [0, 0.1) is 13.8 Å². The van der Waals surface area contributed by atoms with Gasteiger partial charge in [0.2, 0.25) is 0 Å². The summed E-state index contributed by atoms with van der Waals surface area (Å²) >= 11 is 4.97. The van der Waals surface area contributed by atoms with Gasteiger partial charge in [-0.3, -0.25) is 14.5 Å².